The molecule has 0 aromatic heterocycles. The molecule has 0 atom stereocenters. The molecule has 0 saturated carbocycles. The predicted octanol–water partition coefficient (Wildman–Crippen LogP) is 6.10. The van der Waals surface area contributed by atoms with Gasteiger partial charge < -0.3 is 4.74 Å². The molecule has 0 aliphatic rings. The molecule has 0 heterocycles. The van der Waals surface area contributed by atoms with Gasteiger partial charge in [0.1, 0.15) is 12.4 Å². The molecule has 6 heteroatoms. The SMILES string of the molecule is Cc1ccc(CC(=O)N/N=C/c2ccc(OCc3ccc(Br)cc3)c(Br)c2)c(C)c1. The van der Waals surface area contributed by atoms with Gasteiger partial charge in [0.05, 0.1) is 17.1 Å². The predicted molar refractivity (Wildman–Crippen MR) is 128 cm³/mol. The largest absolute Gasteiger partial charge is 0.488 e. The number of halogens is 2. The van der Waals surface area contributed by atoms with Gasteiger partial charge in [-0.2, -0.15) is 5.10 Å². The van der Waals surface area contributed by atoms with Crippen LogP contribution in [-0.2, 0) is 17.8 Å². The Balaban J connectivity index is 1.53. The Labute approximate surface area is 193 Å². The van der Waals surface area contributed by atoms with Crippen LogP contribution in [-0.4, -0.2) is 12.1 Å². The van der Waals surface area contributed by atoms with E-state index in [1.165, 1.54) is 5.56 Å². The number of nitrogens with zero attached hydrogens (tertiary/aromatic N) is 1. The highest BCUT2D eigenvalue weighted by atomic mass is 79.9. The van der Waals surface area contributed by atoms with Crippen LogP contribution in [0.15, 0.2) is 74.7 Å². The highest BCUT2D eigenvalue weighted by Crippen LogP contribution is 2.26. The molecule has 0 aliphatic carbocycles. The van der Waals surface area contributed by atoms with E-state index < -0.39 is 0 Å². The van der Waals surface area contributed by atoms with Crippen LogP contribution in [0.2, 0.25) is 0 Å². The minimum Gasteiger partial charge on any atom is -0.488 e. The number of hydrazone groups is 1. The van der Waals surface area contributed by atoms with Crippen molar-refractivity contribution in [3.8, 4) is 5.75 Å². The van der Waals surface area contributed by atoms with E-state index in [9.17, 15) is 4.79 Å². The summed E-state index contributed by atoms with van der Waals surface area (Å²) in [6.07, 6.45) is 1.92. The van der Waals surface area contributed by atoms with E-state index >= 15 is 0 Å². The third kappa shape index (κ3) is 6.54. The van der Waals surface area contributed by atoms with Gasteiger partial charge in [0, 0.05) is 4.47 Å². The van der Waals surface area contributed by atoms with E-state index in [0.29, 0.717) is 13.0 Å². The fourth-order valence-corrected chi connectivity index (χ4v) is 3.67. The summed E-state index contributed by atoms with van der Waals surface area (Å²) in [7, 11) is 0. The first-order chi connectivity index (χ1) is 14.4. The lowest BCUT2D eigenvalue weighted by Crippen LogP contribution is -2.20. The summed E-state index contributed by atoms with van der Waals surface area (Å²) in [5, 5.41) is 4.07. The number of carbonyl (C=O) groups is 1. The molecule has 0 unspecified atom stereocenters. The van der Waals surface area contributed by atoms with Crippen molar-refractivity contribution in [2.24, 2.45) is 5.10 Å². The lowest BCUT2D eigenvalue weighted by atomic mass is 10.0. The topological polar surface area (TPSA) is 50.7 Å². The molecule has 1 amide bonds. The first-order valence-corrected chi connectivity index (χ1v) is 11.0. The third-order valence-corrected chi connectivity index (χ3v) is 5.66. The molecular weight excluding hydrogens is 508 g/mol. The fraction of sp³-hybridized carbons (Fsp3) is 0.167. The lowest BCUT2D eigenvalue weighted by molar-refractivity contribution is -0.120. The van der Waals surface area contributed by atoms with Crippen molar-refractivity contribution in [1.82, 2.24) is 5.43 Å². The summed E-state index contributed by atoms with van der Waals surface area (Å²) in [4.78, 5) is 12.1. The summed E-state index contributed by atoms with van der Waals surface area (Å²) in [6, 6.07) is 19.7. The average Bonchev–Trinajstić information content (AvgIpc) is 2.71. The minimum atomic E-state index is -0.147. The van der Waals surface area contributed by atoms with Gasteiger partial charge in [-0.15, -0.1) is 0 Å². The van der Waals surface area contributed by atoms with Crippen LogP contribution in [0.4, 0.5) is 0 Å². The number of ether oxygens (including phenoxy) is 1. The highest BCUT2D eigenvalue weighted by molar-refractivity contribution is 9.10. The van der Waals surface area contributed by atoms with Crippen molar-refractivity contribution in [2.75, 3.05) is 0 Å². The molecule has 0 fully saturated rings. The fourth-order valence-electron chi connectivity index (χ4n) is 2.89. The maximum atomic E-state index is 12.1. The van der Waals surface area contributed by atoms with E-state index in [1.54, 1.807) is 6.21 Å². The van der Waals surface area contributed by atoms with Crippen molar-refractivity contribution in [1.29, 1.82) is 0 Å². The summed E-state index contributed by atoms with van der Waals surface area (Å²) in [5.41, 5.74) is 7.82. The number of carbonyl (C=O) groups excluding carboxylic acids is 1. The second-order valence-electron chi connectivity index (χ2n) is 7.00. The van der Waals surface area contributed by atoms with E-state index in [-0.39, 0.29) is 5.91 Å². The first kappa shape index (κ1) is 22.2. The quantitative estimate of drug-likeness (QED) is 0.297. The third-order valence-electron chi connectivity index (χ3n) is 4.52. The first-order valence-electron chi connectivity index (χ1n) is 9.45. The molecule has 3 rings (SSSR count). The Morgan fingerprint density at radius 1 is 1.03 bits per heavy atom. The Hall–Kier alpha value is -2.44. The second-order valence-corrected chi connectivity index (χ2v) is 8.77. The second kappa shape index (κ2) is 10.5. The van der Waals surface area contributed by atoms with Crippen molar-refractivity contribution in [3.05, 3.63) is 97.4 Å². The number of hydrogen-bond donors (Lipinski definition) is 1. The molecule has 1 N–H and O–H groups in total. The molecule has 154 valence electrons. The van der Waals surface area contributed by atoms with Crippen molar-refractivity contribution >= 4 is 44.0 Å². The zero-order valence-electron chi connectivity index (χ0n) is 16.8. The van der Waals surface area contributed by atoms with Crippen LogP contribution >= 0.6 is 31.9 Å². The van der Waals surface area contributed by atoms with Gasteiger partial charge in [-0.25, -0.2) is 5.43 Å². The summed E-state index contributed by atoms with van der Waals surface area (Å²) >= 11 is 6.96. The Morgan fingerprint density at radius 3 is 2.50 bits per heavy atom. The molecule has 0 bridgehead atoms. The van der Waals surface area contributed by atoms with Gasteiger partial charge in [0.2, 0.25) is 5.91 Å². The van der Waals surface area contributed by atoms with E-state index in [2.05, 4.69) is 48.5 Å². The van der Waals surface area contributed by atoms with Crippen molar-refractivity contribution in [2.45, 2.75) is 26.9 Å². The molecule has 4 nitrogen and oxygen atoms in total. The van der Waals surface area contributed by atoms with E-state index in [0.717, 1.165) is 36.9 Å². The molecule has 30 heavy (non-hydrogen) atoms. The lowest BCUT2D eigenvalue weighted by Gasteiger charge is -2.09. The number of amides is 1. The molecule has 3 aromatic rings. The van der Waals surface area contributed by atoms with Gasteiger partial charge >= 0.3 is 0 Å². The van der Waals surface area contributed by atoms with E-state index in [1.807, 2.05) is 68.4 Å². The van der Waals surface area contributed by atoms with Crippen molar-refractivity contribution in [3.63, 3.8) is 0 Å². The number of nitrogens with one attached hydrogen (secondary N) is 1. The number of hydrogen-bond acceptors (Lipinski definition) is 3. The van der Waals surface area contributed by atoms with Crippen LogP contribution in [0.1, 0.15) is 27.8 Å². The zero-order valence-corrected chi connectivity index (χ0v) is 20.0. The number of aryl methyl sites for hydroxylation is 2. The van der Waals surface area contributed by atoms with Crippen LogP contribution < -0.4 is 10.2 Å². The molecule has 0 saturated heterocycles. The van der Waals surface area contributed by atoms with Gasteiger partial charge in [-0.3, -0.25) is 4.79 Å². The summed E-state index contributed by atoms with van der Waals surface area (Å²) in [5.74, 6) is 0.598. The Kier molecular flexibility index (Phi) is 7.82. The van der Waals surface area contributed by atoms with Gasteiger partial charge in [-0.1, -0.05) is 51.8 Å². The minimum absolute atomic E-state index is 0.147. The summed E-state index contributed by atoms with van der Waals surface area (Å²) in [6.45, 7) is 4.53. The van der Waals surface area contributed by atoms with Gasteiger partial charge in [0.15, 0.2) is 0 Å². The average molecular weight is 530 g/mol. The van der Waals surface area contributed by atoms with Crippen molar-refractivity contribution < 1.29 is 9.53 Å². The monoisotopic (exact) mass is 528 g/mol. The zero-order chi connectivity index (χ0) is 21.5. The maximum Gasteiger partial charge on any atom is 0.244 e. The summed E-state index contributed by atoms with van der Waals surface area (Å²) < 4.78 is 7.73. The Morgan fingerprint density at radius 2 is 1.80 bits per heavy atom. The standard InChI is InChI=1S/C24H22Br2N2O2/c1-16-3-7-20(17(2)11-16)13-24(29)28-27-14-19-6-10-23(22(26)12-19)30-15-18-4-8-21(25)9-5-18/h3-12,14H,13,15H2,1-2H3,(H,28,29)/b27-14+. The smallest absolute Gasteiger partial charge is 0.244 e. The van der Waals surface area contributed by atoms with Crippen LogP contribution in [0.25, 0.3) is 0 Å². The molecule has 3 aromatic carbocycles. The maximum absolute atomic E-state index is 12.1. The molecule has 0 spiro atoms. The van der Waals surface area contributed by atoms with Crippen LogP contribution in [0.3, 0.4) is 0 Å². The number of benzene rings is 3. The van der Waals surface area contributed by atoms with Crippen LogP contribution in [0.5, 0.6) is 5.75 Å². The molecule has 0 aliphatic heterocycles. The Bertz CT molecular complexity index is 1060. The van der Waals surface area contributed by atoms with Gasteiger partial charge in [0.25, 0.3) is 0 Å². The number of rotatable bonds is 7. The highest BCUT2D eigenvalue weighted by Gasteiger charge is 2.06. The van der Waals surface area contributed by atoms with Gasteiger partial charge in [-0.05, 0) is 82.4 Å². The molecule has 0 radical (unpaired) electrons. The van der Waals surface area contributed by atoms with Crippen LogP contribution in [0, 0.1) is 13.8 Å². The van der Waals surface area contributed by atoms with E-state index in [4.69, 9.17) is 4.74 Å². The normalized spacial score (nSPS) is 10.9. The molecular formula is C24H22Br2N2O2.